The number of thiocarbonyl (C=S) groups is 1. The lowest BCUT2D eigenvalue weighted by atomic mass is 10.1. The zero-order chi connectivity index (χ0) is 18.7. The van der Waals surface area contributed by atoms with Gasteiger partial charge in [0.2, 0.25) is 5.88 Å². The molecule has 7 heteroatoms. The number of aromatic nitrogens is 1. The summed E-state index contributed by atoms with van der Waals surface area (Å²) < 4.78 is 0. The van der Waals surface area contributed by atoms with Crippen LogP contribution in [-0.4, -0.2) is 21.4 Å². The maximum Gasteiger partial charge on any atom is 0.268 e. The normalized spacial score (nSPS) is 10.8. The van der Waals surface area contributed by atoms with Gasteiger partial charge in [0, 0.05) is 17.3 Å². The lowest BCUT2D eigenvalue weighted by Gasteiger charge is -2.08. The fourth-order valence-electron chi connectivity index (χ4n) is 2.62. The van der Waals surface area contributed by atoms with E-state index in [-0.39, 0.29) is 22.1 Å². The van der Waals surface area contributed by atoms with Crippen molar-refractivity contribution in [2.75, 3.05) is 5.32 Å². The number of H-pyrrole nitrogens is 1. The van der Waals surface area contributed by atoms with Crippen LogP contribution in [0.5, 0.6) is 5.88 Å². The summed E-state index contributed by atoms with van der Waals surface area (Å²) in [5.41, 5.74) is 0.673. The quantitative estimate of drug-likeness (QED) is 0.480. The van der Waals surface area contributed by atoms with E-state index in [1.807, 2.05) is 48.5 Å². The van der Waals surface area contributed by atoms with Gasteiger partial charge in [0.05, 0.1) is 5.56 Å². The molecule has 26 heavy (non-hydrogen) atoms. The van der Waals surface area contributed by atoms with E-state index in [9.17, 15) is 9.90 Å². The Morgan fingerprint density at radius 2 is 2.04 bits per heavy atom. The fraction of sp³-hybridized carbons (Fsp3) is 0.0526. The van der Waals surface area contributed by atoms with Crippen LogP contribution in [0.15, 0.2) is 52.3 Å². The summed E-state index contributed by atoms with van der Waals surface area (Å²) in [6.07, 6.45) is 1.32. The van der Waals surface area contributed by atoms with Crippen LogP contribution in [0.3, 0.4) is 0 Å². The third-order valence-electron chi connectivity index (χ3n) is 3.95. The molecular weight excluding hydrogens is 348 g/mol. The molecular formula is C19H14N4O2S. The molecule has 0 spiro atoms. The molecule has 2 aromatic carbocycles. The van der Waals surface area contributed by atoms with Crippen molar-refractivity contribution in [3.8, 4) is 11.9 Å². The molecule has 128 valence electrons. The fourth-order valence-corrected chi connectivity index (χ4v) is 2.78. The van der Waals surface area contributed by atoms with Crippen molar-refractivity contribution < 1.29 is 5.11 Å². The van der Waals surface area contributed by atoms with Gasteiger partial charge >= 0.3 is 0 Å². The number of nitriles is 1. The number of aromatic hydroxyl groups is 1. The van der Waals surface area contributed by atoms with Gasteiger partial charge in [-0.15, -0.1) is 0 Å². The minimum atomic E-state index is -0.642. The first-order valence-corrected chi connectivity index (χ1v) is 8.11. The number of hydrogen-bond donors (Lipinski definition) is 3. The zero-order valence-corrected chi connectivity index (χ0v) is 14.6. The van der Waals surface area contributed by atoms with E-state index in [4.69, 9.17) is 17.5 Å². The van der Waals surface area contributed by atoms with E-state index in [2.05, 4.69) is 15.3 Å². The molecule has 6 nitrogen and oxygen atoms in total. The molecule has 1 aromatic heterocycles. The number of nitrogens with zero attached hydrogens (tertiary/aromatic N) is 2. The van der Waals surface area contributed by atoms with Crippen molar-refractivity contribution in [3.63, 3.8) is 0 Å². The number of rotatable bonds is 2. The van der Waals surface area contributed by atoms with Crippen molar-refractivity contribution in [1.82, 2.24) is 4.98 Å². The van der Waals surface area contributed by atoms with E-state index in [0.717, 1.165) is 16.5 Å². The van der Waals surface area contributed by atoms with Gasteiger partial charge in [0.15, 0.2) is 5.11 Å². The number of anilines is 1. The summed E-state index contributed by atoms with van der Waals surface area (Å²) in [5.74, 6) is -0.358. The summed E-state index contributed by atoms with van der Waals surface area (Å²) >= 11 is 5.24. The van der Waals surface area contributed by atoms with Crippen LogP contribution in [-0.2, 0) is 0 Å². The highest BCUT2D eigenvalue weighted by molar-refractivity contribution is 7.80. The summed E-state index contributed by atoms with van der Waals surface area (Å²) in [4.78, 5) is 18.0. The molecule has 0 aliphatic rings. The third-order valence-corrected chi connectivity index (χ3v) is 4.15. The highest BCUT2D eigenvalue weighted by atomic mass is 32.1. The molecule has 0 atom stereocenters. The van der Waals surface area contributed by atoms with E-state index in [0.29, 0.717) is 5.56 Å². The Morgan fingerprint density at radius 1 is 1.31 bits per heavy atom. The molecule has 0 radical (unpaired) electrons. The van der Waals surface area contributed by atoms with Gasteiger partial charge in [-0.25, -0.2) is 4.99 Å². The first kappa shape index (κ1) is 17.3. The molecule has 0 bridgehead atoms. The third kappa shape index (κ3) is 3.31. The molecule has 0 saturated carbocycles. The summed E-state index contributed by atoms with van der Waals surface area (Å²) in [6.45, 7) is 1.57. The molecule has 0 aliphatic carbocycles. The van der Waals surface area contributed by atoms with Crippen LogP contribution < -0.4 is 10.9 Å². The van der Waals surface area contributed by atoms with E-state index >= 15 is 0 Å². The number of benzene rings is 2. The standard InChI is InChI=1S/C19H14N4O2S/c1-11-14(9-20)17(24)23-18(25)15(11)10-21-19(26)22-16-8-4-6-12-5-2-3-7-13(12)16/h2-8,10H,1H3,(H,22,26)(H2,23,24,25)/b21-10+. The van der Waals surface area contributed by atoms with Crippen molar-refractivity contribution in [2.24, 2.45) is 4.99 Å². The first-order chi connectivity index (χ1) is 12.5. The highest BCUT2D eigenvalue weighted by Crippen LogP contribution is 2.23. The van der Waals surface area contributed by atoms with Gasteiger partial charge in [-0.3, -0.25) is 9.78 Å². The summed E-state index contributed by atoms with van der Waals surface area (Å²) in [7, 11) is 0. The Hall–Kier alpha value is -3.50. The molecule has 3 aromatic rings. The smallest absolute Gasteiger partial charge is 0.268 e. The second kappa shape index (κ2) is 7.17. The Balaban J connectivity index is 1.89. The lowest BCUT2D eigenvalue weighted by molar-refractivity contribution is 0.450. The van der Waals surface area contributed by atoms with E-state index in [1.54, 1.807) is 6.92 Å². The van der Waals surface area contributed by atoms with Crippen LogP contribution in [0.25, 0.3) is 10.8 Å². The molecule has 1 heterocycles. The SMILES string of the molecule is Cc1c(/C=N/C(=S)Nc2cccc3ccccc23)c(O)[nH]c(=O)c1C#N. The van der Waals surface area contributed by atoms with Crippen molar-refractivity contribution in [2.45, 2.75) is 6.92 Å². The first-order valence-electron chi connectivity index (χ1n) is 7.70. The number of aliphatic imine (C=N–C) groups is 1. The Kier molecular flexibility index (Phi) is 4.78. The Bertz CT molecular complexity index is 1140. The van der Waals surface area contributed by atoms with Crippen LogP contribution in [0.2, 0.25) is 0 Å². The second-order valence-corrected chi connectivity index (χ2v) is 5.93. The average Bonchev–Trinajstić information content (AvgIpc) is 2.62. The van der Waals surface area contributed by atoms with Gasteiger partial charge in [-0.05, 0) is 36.2 Å². The largest absolute Gasteiger partial charge is 0.494 e. The summed E-state index contributed by atoms with van der Waals surface area (Å²) in [6, 6.07) is 15.5. The van der Waals surface area contributed by atoms with Gasteiger partial charge in [-0.2, -0.15) is 5.26 Å². The van der Waals surface area contributed by atoms with Gasteiger partial charge in [-0.1, -0.05) is 36.4 Å². The van der Waals surface area contributed by atoms with Crippen LogP contribution >= 0.6 is 12.2 Å². The van der Waals surface area contributed by atoms with E-state index < -0.39 is 5.56 Å². The Morgan fingerprint density at radius 3 is 2.81 bits per heavy atom. The zero-order valence-electron chi connectivity index (χ0n) is 13.8. The molecule has 0 aliphatic heterocycles. The van der Waals surface area contributed by atoms with Crippen LogP contribution in [0, 0.1) is 18.3 Å². The number of pyridine rings is 1. The molecule has 0 fully saturated rings. The topological polar surface area (TPSA) is 101 Å². The maximum atomic E-state index is 11.6. The minimum absolute atomic E-state index is 0.0721. The molecule has 0 saturated heterocycles. The lowest BCUT2D eigenvalue weighted by Crippen LogP contribution is -2.14. The minimum Gasteiger partial charge on any atom is -0.494 e. The van der Waals surface area contributed by atoms with Crippen molar-refractivity contribution in [3.05, 3.63) is 69.5 Å². The highest BCUT2D eigenvalue weighted by Gasteiger charge is 2.12. The predicted molar refractivity (Wildman–Crippen MR) is 106 cm³/mol. The second-order valence-electron chi connectivity index (χ2n) is 5.54. The average molecular weight is 362 g/mol. The van der Waals surface area contributed by atoms with Crippen molar-refractivity contribution in [1.29, 1.82) is 5.26 Å². The van der Waals surface area contributed by atoms with Crippen LogP contribution in [0.4, 0.5) is 5.69 Å². The van der Waals surface area contributed by atoms with Gasteiger partial charge in [0.25, 0.3) is 5.56 Å². The molecule has 0 unspecified atom stereocenters. The number of nitrogens with one attached hydrogen (secondary N) is 2. The van der Waals surface area contributed by atoms with Gasteiger partial charge < -0.3 is 10.4 Å². The number of hydrogen-bond acceptors (Lipinski definition) is 4. The summed E-state index contributed by atoms with van der Waals surface area (Å²) in [5, 5.41) is 24.3. The maximum absolute atomic E-state index is 11.6. The van der Waals surface area contributed by atoms with Crippen molar-refractivity contribution >= 4 is 40.0 Å². The number of fused-ring (bicyclic) bond motifs is 1. The Labute approximate surface area is 154 Å². The molecule has 3 rings (SSSR count). The molecule has 0 amide bonds. The predicted octanol–water partition coefficient (Wildman–Crippen LogP) is 3.23. The monoisotopic (exact) mass is 362 g/mol. The number of aromatic amines is 1. The van der Waals surface area contributed by atoms with E-state index in [1.165, 1.54) is 6.21 Å². The van der Waals surface area contributed by atoms with Gasteiger partial charge in [0.1, 0.15) is 11.6 Å². The van der Waals surface area contributed by atoms with Crippen LogP contribution in [0.1, 0.15) is 16.7 Å². The molecule has 3 N–H and O–H groups in total.